The standard InChI is InChI=1S/C10H14N2O2/c11-8(3-6-1-2-6)7-4-9(13)12-10(14)5-7/h4-6,8H,1-3,11H2,(H2,12,13,14). The van der Waals surface area contributed by atoms with Gasteiger partial charge in [0.25, 0.3) is 5.56 Å². The molecule has 1 aromatic rings. The van der Waals surface area contributed by atoms with Crippen LogP contribution in [0.3, 0.4) is 0 Å². The number of pyridine rings is 1. The minimum Gasteiger partial charge on any atom is -0.495 e. The van der Waals surface area contributed by atoms with Crippen LogP contribution in [0.25, 0.3) is 0 Å². The molecule has 1 aromatic heterocycles. The quantitative estimate of drug-likeness (QED) is 0.668. The molecule has 0 amide bonds. The van der Waals surface area contributed by atoms with Crippen LogP contribution in [-0.2, 0) is 0 Å². The number of H-pyrrole nitrogens is 1. The van der Waals surface area contributed by atoms with Crippen molar-refractivity contribution in [1.82, 2.24) is 4.98 Å². The molecule has 14 heavy (non-hydrogen) atoms. The lowest BCUT2D eigenvalue weighted by Gasteiger charge is -2.10. The van der Waals surface area contributed by atoms with Crippen LogP contribution in [0.4, 0.5) is 0 Å². The van der Waals surface area contributed by atoms with E-state index < -0.39 is 0 Å². The fraction of sp³-hybridized carbons (Fsp3) is 0.500. The molecule has 1 heterocycles. The predicted octanol–water partition coefficient (Wildman–Crippen LogP) is 0.880. The largest absolute Gasteiger partial charge is 0.495 e. The molecule has 4 nitrogen and oxygen atoms in total. The molecule has 4 heteroatoms. The van der Waals surface area contributed by atoms with Gasteiger partial charge in [0.1, 0.15) is 0 Å². The van der Waals surface area contributed by atoms with Crippen molar-refractivity contribution in [3.05, 3.63) is 28.0 Å². The molecule has 0 spiro atoms. The Kier molecular flexibility index (Phi) is 2.29. The van der Waals surface area contributed by atoms with Crippen molar-refractivity contribution in [3.63, 3.8) is 0 Å². The number of aromatic amines is 1. The number of hydrogen-bond acceptors (Lipinski definition) is 3. The predicted molar refractivity (Wildman–Crippen MR) is 53.0 cm³/mol. The average Bonchev–Trinajstić information content (AvgIpc) is 2.86. The minimum atomic E-state index is -0.300. The summed E-state index contributed by atoms with van der Waals surface area (Å²) in [4.78, 5) is 13.3. The van der Waals surface area contributed by atoms with Crippen LogP contribution < -0.4 is 11.3 Å². The van der Waals surface area contributed by atoms with E-state index >= 15 is 0 Å². The van der Waals surface area contributed by atoms with Crippen LogP contribution in [0.15, 0.2) is 16.9 Å². The third kappa shape index (κ3) is 2.14. The van der Waals surface area contributed by atoms with E-state index in [0.29, 0.717) is 5.92 Å². The Morgan fingerprint density at radius 1 is 1.57 bits per heavy atom. The summed E-state index contributed by atoms with van der Waals surface area (Å²) in [5.74, 6) is 0.602. The second-order valence-corrected chi connectivity index (χ2v) is 3.95. The van der Waals surface area contributed by atoms with Crippen molar-refractivity contribution in [2.75, 3.05) is 0 Å². The van der Waals surface area contributed by atoms with Gasteiger partial charge in [0, 0.05) is 18.2 Å². The van der Waals surface area contributed by atoms with E-state index in [1.165, 1.54) is 25.0 Å². The summed E-state index contributed by atoms with van der Waals surface area (Å²) >= 11 is 0. The number of nitrogens with two attached hydrogens (primary N) is 1. The van der Waals surface area contributed by atoms with Crippen molar-refractivity contribution < 1.29 is 5.11 Å². The van der Waals surface area contributed by atoms with Crippen molar-refractivity contribution >= 4 is 0 Å². The zero-order valence-electron chi connectivity index (χ0n) is 7.86. The summed E-state index contributed by atoms with van der Waals surface area (Å²) < 4.78 is 0. The van der Waals surface area contributed by atoms with Crippen LogP contribution in [0, 0.1) is 5.92 Å². The minimum absolute atomic E-state index is 0.112. The molecule has 4 N–H and O–H groups in total. The lowest BCUT2D eigenvalue weighted by Crippen LogP contribution is -2.15. The van der Waals surface area contributed by atoms with Crippen LogP contribution in [0.1, 0.15) is 30.9 Å². The highest BCUT2D eigenvalue weighted by Gasteiger charge is 2.24. The highest BCUT2D eigenvalue weighted by atomic mass is 16.3. The molecule has 1 aliphatic rings. The number of aromatic nitrogens is 1. The Labute approximate surface area is 81.8 Å². The highest BCUT2D eigenvalue weighted by molar-refractivity contribution is 5.22. The number of hydrogen-bond donors (Lipinski definition) is 3. The van der Waals surface area contributed by atoms with Gasteiger partial charge in [0.2, 0.25) is 0 Å². The Hall–Kier alpha value is -1.29. The number of rotatable bonds is 3. The summed E-state index contributed by atoms with van der Waals surface area (Å²) in [5.41, 5.74) is 6.33. The normalized spacial score (nSPS) is 18.1. The Morgan fingerprint density at radius 3 is 2.86 bits per heavy atom. The van der Waals surface area contributed by atoms with Crippen LogP contribution >= 0.6 is 0 Å². The maximum absolute atomic E-state index is 11.0. The fourth-order valence-corrected chi connectivity index (χ4v) is 1.61. The molecule has 2 rings (SSSR count). The zero-order valence-corrected chi connectivity index (χ0v) is 7.86. The lowest BCUT2D eigenvalue weighted by molar-refractivity contribution is 0.449. The molecule has 0 aromatic carbocycles. The monoisotopic (exact) mass is 194 g/mol. The summed E-state index contributed by atoms with van der Waals surface area (Å²) in [6.07, 6.45) is 3.38. The zero-order chi connectivity index (χ0) is 10.1. The first-order valence-electron chi connectivity index (χ1n) is 4.84. The fourth-order valence-electron chi connectivity index (χ4n) is 1.61. The van der Waals surface area contributed by atoms with Gasteiger partial charge in [-0.25, -0.2) is 0 Å². The van der Waals surface area contributed by atoms with Gasteiger partial charge < -0.3 is 10.8 Å². The van der Waals surface area contributed by atoms with Crippen molar-refractivity contribution in [3.8, 4) is 5.88 Å². The van der Waals surface area contributed by atoms with Crippen LogP contribution in [0.5, 0.6) is 5.88 Å². The molecule has 76 valence electrons. The summed E-state index contributed by atoms with van der Waals surface area (Å²) in [5, 5.41) is 9.18. The maximum Gasteiger partial charge on any atom is 0.250 e. The average molecular weight is 194 g/mol. The van der Waals surface area contributed by atoms with Gasteiger partial charge in [0.15, 0.2) is 5.88 Å². The summed E-state index contributed by atoms with van der Waals surface area (Å²) in [6.45, 7) is 0. The van der Waals surface area contributed by atoms with Gasteiger partial charge in [-0.2, -0.15) is 0 Å². The van der Waals surface area contributed by atoms with E-state index in [1.807, 2.05) is 0 Å². The second kappa shape index (κ2) is 3.46. The first-order valence-corrected chi connectivity index (χ1v) is 4.84. The Bertz CT molecular complexity index is 382. The van der Waals surface area contributed by atoms with Crippen molar-refractivity contribution in [1.29, 1.82) is 0 Å². The third-order valence-corrected chi connectivity index (χ3v) is 2.56. The van der Waals surface area contributed by atoms with E-state index in [9.17, 15) is 9.90 Å². The highest BCUT2D eigenvalue weighted by Crippen LogP contribution is 2.36. The van der Waals surface area contributed by atoms with Gasteiger partial charge in [-0.05, 0) is 17.9 Å². The van der Waals surface area contributed by atoms with E-state index in [-0.39, 0.29) is 17.5 Å². The van der Waals surface area contributed by atoms with Crippen molar-refractivity contribution in [2.24, 2.45) is 11.7 Å². The maximum atomic E-state index is 11.0. The molecule has 0 bridgehead atoms. The second-order valence-electron chi connectivity index (χ2n) is 3.95. The van der Waals surface area contributed by atoms with Gasteiger partial charge in [-0.15, -0.1) is 0 Å². The number of aromatic hydroxyl groups is 1. The third-order valence-electron chi connectivity index (χ3n) is 2.56. The number of nitrogens with one attached hydrogen (secondary N) is 1. The molecule has 0 aliphatic heterocycles. The van der Waals surface area contributed by atoms with E-state index in [0.717, 1.165) is 12.0 Å². The first-order chi connectivity index (χ1) is 6.65. The Morgan fingerprint density at radius 2 is 2.29 bits per heavy atom. The molecule has 1 aliphatic carbocycles. The van der Waals surface area contributed by atoms with E-state index in [4.69, 9.17) is 5.73 Å². The molecular formula is C10H14N2O2. The summed E-state index contributed by atoms with van der Waals surface area (Å²) in [7, 11) is 0. The van der Waals surface area contributed by atoms with Gasteiger partial charge in [0.05, 0.1) is 0 Å². The van der Waals surface area contributed by atoms with Crippen LogP contribution in [0.2, 0.25) is 0 Å². The molecule has 1 atom stereocenters. The van der Waals surface area contributed by atoms with Crippen molar-refractivity contribution in [2.45, 2.75) is 25.3 Å². The summed E-state index contributed by atoms with van der Waals surface area (Å²) in [6, 6.07) is 2.84. The molecule has 1 saturated carbocycles. The van der Waals surface area contributed by atoms with E-state index in [2.05, 4.69) is 4.98 Å². The topological polar surface area (TPSA) is 79.1 Å². The SMILES string of the molecule is NC(CC1CC1)c1cc(O)[nH]c(=O)c1. The molecular weight excluding hydrogens is 180 g/mol. The van der Waals surface area contributed by atoms with E-state index in [1.54, 1.807) is 0 Å². The Balaban J connectivity index is 2.16. The smallest absolute Gasteiger partial charge is 0.250 e. The van der Waals surface area contributed by atoms with Gasteiger partial charge in [-0.1, -0.05) is 12.8 Å². The first kappa shape index (κ1) is 9.27. The molecule has 0 saturated heterocycles. The van der Waals surface area contributed by atoms with Gasteiger partial charge in [-0.3, -0.25) is 9.78 Å². The van der Waals surface area contributed by atoms with Crippen LogP contribution in [-0.4, -0.2) is 10.1 Å². The lowest BCUT2D eigenvalue weighted by atomic mass is 10.0. The molecule has 1 fully saturated rings. The molecule has 1 unspecified atom stereocenters. The van der Waals surface area contributed by atoms with Gasteiger partial charge >= 0.3 is 0 Å². The molecule has 0 radical (unpaired) electrons.